The van der Waals surface area contributed by atoms with Gasteiger partial charge in [0, 0.05) is 13.7 Å². The van der Waals surface area contributed by atoms with Crippen LogP contribution in [0.4, 0.5) is 0 Å². The molecule has 2 N–H and O–H groups in total. The molecule has 138 valence electrons. The number of ether oxygens (including phenoxy) is 1. The first-order valence-electron chi connectivity index (χ1n) is 9.28. The molecule has 0 unspecified atom stereocenters. The van der Waals surface area contributed by atoms with E-state index in [0.29, 0.717) is 0 Å². The van der Waals surface area contributed by atoms with Crippen molar-refractivity contribution in [1.82, 2.24) is 0 Å². The number of methoxy groups -OCH3 is 1. The third-order valence-corrected chi connectivity index (χ3v) is 4.67. The van der Waals surface area contributed by atoms with Crippen LogP contribution in [0.3, 0.4) is 0 Å². The summed E-state index contributed by atoms with van der Waals surface area (Å²) in [6.07, 6.45) is 17.4. The standard InChI is InChI=1S/C10H18.C5H12O.C4H10.CH4.H2O/c1-2-6-9(5-1)10-7-3-4-8-10;1-3-4-5-6-2;1-3-4-2;;/h9-10H,1-8H2;3-5H2,1-2H3;3-4H2,1-2H3;1H4;1H2. The maximum atomic E-state index is 4.78. The lowest BCUT2D eigenvalue weighted by Gasteiger charge is -2.16. The van der Waals surface area contributed by atoms with Gasteiger partial charge in [-0.25, -0.2) is 0 Å². The molecule has 22 heavy (non-hydrogen) atoms. The molecule has 2 aliphatic rings. The van der Waals surface area contributed by atoms with Crippen LogP contribution in [0.5, 0.6) is 0 Å². The summed E-state index contributed by atoms with van der Waals surface area (Å²) in [6, 6.07) is 0. The van der Waals surface area contributed by atoms with Gasteiger partial charge in [0.1, 0.15) is 0 Å². The lowest BCUT2D eigenvalue weighted by molar-refractivity contribution is 0.194. The predicted molar refractivity (Wildman–Crippen MR) is 102 cm³/mol. The Morgan fingerprint density at radius 2 is 1.09 bits per heavy atom. The first-order chi connectivity index (χ1) is 9.79. The summed E-state index contributed by atoms with van der Waals surface area (Å²) >= 11 is 0. The largest absolute Gasteiger partial charge is 0.412 e. The van der Waals surface area contributed by atoms with E-state index in [0.717, 1.165) is 18.4 Å². The monoisotopic (exact) mass is 318 g/mol. The van der Waals surface area contributed by atoms with Gasteiger partial charge in [-0.15, -0.1) is 0 Å². The lowest BCUT2D eigenvalue weighted by atomic mass is 9.90. The van der Waals surface area contributed by atoms with Gasteiger partial charge in [-0.2, -0.15) is 0 Å². The number of unbranched alkanes of at least 4 members (excludes halogenated alkanes) is 2. The molecular weight excluding hydrogens is 272 g/mol. The van der Waals surface area contributed by atoms with Gasteiger partial charge >= 0.3 is 0 Å². The third-order valence-electron chi connectivity index (χ3n) is 4.67. The molecule has 2 fully saturated rings. The maximum Gasteiger partial charge on any atom is 0.0462 e. The van der Waals surface area contributed by atoms with Gasteiger partial charge in [-0.05, 0) is 18.3 Å². The first kappa shape index (κ1) is 26.8. The van der Waals surface area contributed by atoms with Crippen molar-refractivity contribution in [2.45, 2.75) is 105 Å². The van der Waals surface area contributed by atoms with Crippen molar-refractivity contribution in [2.24, 2.45) is 11.8 Å². The lowest BCUT2D eigenvalue weighted by Crippen LogP contribution is -2.06. The molecule has 2 saturated carbocycles. The second-order valence-electron chi connectivity index (χ2n) is 6.44. The van der Waals surface area contributed by atoms with Gasteiger partial charge in [0.25, 0.3) is 0 Å². The average molecular weight is 319 g/mol. The van der Waals surface area contributed by atoms with Crippen LogP contribution >= 0.6 is 0 Å². The van der Waals surface area contributed by atoms with Gasteiger partial charge in [0.05, 0.1) is 0 Å². The SMILES string of the molecule is C.C1CCC(C2CCCC2)C1.CCCC.CCCCOC.O. The van der Waals surface area contributed by atoms with E-state index in [1.54, 1.807) is 32.8 Å². The van der Waals surface area contributed by atoms with Gasteiger partial charge in [0.15, 0.2) is 0 Å². The zero-order chi connectivity index (χ0) is 15.1. The van der Waals surface area contributed by atoms with E-state index in [4.69, 9.17) is 4.74 Å². The van der Waals surface area contributed by atoms with E-state index in [1.165, 1.54) is 51.4 Å². The fraction of sp³-hybridized carbons (Fsp3) is 1.00. The van der Waals surface area contributed by atoms with E-state index in [1.807, 2.05) is 0 Å². The molecule has 0 heterocycles. The second-order valence-corrected chi connectivity index (χ2v) is 6.44. The van der Waals surface area contributed by atoms with Crippen LogP contribution in [0.15, 0.2) is 0 Å². The van der Waals surface area contributed by atoms with Crippen LogP contribution in [0, 0.1) is 11.8 Å². The van der Waals surface area contributed by atoms with Crippen molar-refractivity contribution in [3.63, 3.8) is 0 Å². The summed E-state index contributed by atoms with van der Waals surface area (Å²) in [7, 11) is 1.73. The molecule has 0 aromatic carbocycles. The molecular formula is C20H46O2. The smallest absolute Gasteiger partial charge is 0.0462 e. The summed E-state index contributed by atoms with van der Waals surface area (Å²) in [5, 5.41) is 0. The van der Waals surface area contributed by atoms with E-state index in [2.05, 4.69) is 20.8 Å². The quantitative estimate of drug-likeness (QED) is 0.539. The van der Waals surface area contributed by atoms with Crippen molar-refractivity contribution in [1.29, 1.82) is 0 Å². The molecule has 0 saturated heterocycles. The Hall–Kier alpha value is -0.0800. The molecule has 0 atom stereocenters. The number of hydrogen-bond acceptors (Lipinski definition) is 1. The molecule has 0 aliphatic heterocycles. The number of hydrogen-bond donors (Lipinski definition) is 0. The molecule has 2 nitrogen and oxygen atoms in total. The Balaban J connectivity index is -0.000000265. The molecule has 2 aliphatic carbocycles. The molecule has 0 amide bonds. The molecule has 0 aromatic rings. The molecule has 0 aromatic heterocycles. The van der Waals surface area contributed by atoms with Crippen molar-refractivity contribution in [3.8, 4) is 0 Å². The van der Waals surface area contributed by atoms with Crippen molar-refractivity contribution in [2.75, 3.05) is 13.7 Å². The summed E-state index contributed by atoms with van der Waals surface area (Å²) in [5.74, 6) is 2.31. The summed E-state index contributed by atoms with van der Waals surface area (Å²) in [6.45, 7) is 7.43. The molecule has 0 radical (unpaired) electrons. The Morgan fingerprint density at radius 3 is 1.27 bits per heavy atom. The Morgan fingerprint density at radius 1 is 0.727 bits per heavy atom. The number of rotatable bonds is 5. The Bertz CT molecular complexity index is 151. The van der Waals surface area contributed by atoms with Crippen molar-refractivity contribution < 1.29 is 10.2 Å². The molecule has 0 bridgehead atoms. The van der Waals surface area contributed by atoms with Crippen molar-refractivity contribution >= 4 is 0 Å². The van der Waals surface area contributed by atoms with Gasteiger partial charge < -0.3 is 10.2 Å². The average Bonchev–Trinajstić information content (AvgIpc) is 3.17. The minimum atomic E-state index is 0. The fourth-order valence-electron chi connectivity index (χ4n) is 3.15. The van der Waals surface area contributed by atoms with Crippen LogP contribution in [0.25, 0.3) is 0 Å². The Kier molecular flexibility index (Phi) is 25.5. The van der Waals surface area contributed by atoms with Crippen LogP contribution in [-0.4, -0.2) is 19.2 Å². The zero-order valence-electron chi connectivity index (χ0n) is 15.3. The van der Waals surface area contributed by atoms with Gasteiger partial charge in [0.2, 0.25) is 0 Å². The van der Waals surface area contributed by atoms with E-state index in [9.17, 15) is 0 Å². The molecule has 0 spiro atoms. The maximum absolute atomic E-state index is 4.78. The van der Waals surface area contributed by atoms with Gasteiger partial charge in [-0.1, -0.05) is 98.8 Å². The zero-order valence-corrected chi connectivity index (χ0v) is 15.3. The topological polar surface area (TPSA) is 40.7 Å². The van der Waals surface area contributed by atoms with Gasteiger partial charge in [-0.3, -0.25) is 0 Å². The molecule has 2 heteroatoms. The summed E-state index contributed by atoms with van der Waals surface area (Å²) in [4.78, 5) is 0. The van der Waals surface area contributed by atoms with Crippen LogP contribution < -0.4 is 0 Å². The van der Waals surface area contributed by atoms with E-state index >= 15 is 0 Å². The van der Waals surface area contributed by atoms with Crippen LogP contribution in [-0.2, 0) is 4.74 Å². The highest BCUT2D eigenvalue weighted by Gasteiger charge is 2.26. The first-order valence-corrected chi connectivity index (χ1v) is 9.28. The summed E-state index contributed by atoms with van der Waals surface area (Å²) < 4.78 is 4.78. The second kappa shape index (κ2) is 20.9. The Labute approximate surface area is 141 Å². The molecule has 2 rings (SSSR count). The minimum Gasteiger partial charge on any atom is -0.412 e. The highest BCUT2D eigenvalue weighted by atomic mass is 16.5. The normalized spacial score (nSPS) is 17.5. The third kappa shape index (κ3) is 14.8. The highest BCUT2D eigenvalue weighted by Crippen LogP contribution is 2.39. The summed E-state index contributed by atoms with van der Waals surface area (Å²) in [5.41, 5.74) is 0. The van der Waals surface area contributed by atoms with E-state index in [-0.39, 0.29) is 12.9 Å². The van der Waals surface area contributed by atoms with E-state index < -0.39 is 0 Å². The fourth-order valence-corrected chi connectivity index (χ4v) is 3.15. The van der Waals surface area contributed by atoms with Crippen LogP contribution in [0.2, 0.25) is 0 Å². The van der Waals surface area contributed by atoms with Crippen molar-refractivity contribution in [3.05, 3.63) is 0 Å². The minimum absolute atomic E-state index is 0. The predicted octanol–water partition coefficient (Wildman–Crippen LogP) is 6.42. The van der Waals surface area contributed by atoms with Crippen LogP contribution in [0.1, 0.15) is 105 Å². The highest BCUT2D eigenvalue weighted by molar-refractivity contribution is 4.78.